The molecule has 0 saturated heterocycles. The lowest BCUT2D eigenvalue weighted by atomic mass is 10.1. The normalized spacial score (nSPS) is 16.8. The second kappa shape index (κ2) is 5.87. The molecule has 0 amide bonds. The van der Waals surface area contributed by atoms with Crippen molar-refractivity contribution in [1.82, 2.24) is 0 Å². The third kappa shape index (κ3) is 3.90. The van der Waals surface area contributed by atoms with Crippen molar-refractivity contribution in [3.63, 3.8) is 0 Å². The van der Waals surface area contributed by atoms with Gasteiger partial charge in [0.25, 0.3) is 0 Å². The van der Waals surface area contributed by atoms with Crippen LogP contribution < -0.4 is 11.1 Å². The number of rotatable bonds is 6. The van der Waals surface area contributed by atoms with E-state index in [9.17, 15) is 18.0 Å². The van der Waals surface area contributed by atoms with Gasteiger partial charge >= 0.3 is 6.18 Å². The van der Waals surface area contributed by atoms with Gasteiger partial charge in [0.2, 0.25) is 0 Å². The van der Waals surface area contributed by atoms with Crippen LogP contribution in [0.15, 0.2) is 0 Å². The van der Waals surface area contributed by atoms with Crippen LogP contribution in [0.1, 0.15) is 60.7 Å². The molecule has 1 heterocycles. The van der Waals surface area contributed by atoms with Crippen molar-refractivity contribution in [2.24, 2.45) is 0 Å². The topological polar surface area (TPSA) is 55.1 Å². The predicted octanol–water partition coefficient (Wildman–Crippen LogP) is 4.55. The molecule has 0 aromatic carbocycles. The molecule has 1 saturated carbocycles. The van der Waals surface area contributed by atoms with Crippen LogP contribution >= 0.6 is 11.3 Å². The highest BCUT2D eigenvalue weighted by atomic mass is 32.1. The average Bonchev–Trinajstić information content (AvgIpc) is 3.12. The molecule has 0 radical (unpaired) electrons. The smallest absolute Gasteiger partial charge is 0.391 e. The maximum Gasteiger partial charge on any atom is 0.391 e. The highest BCUT2D eigenvalue weighted by Crippen LogP contribution is 2.51. The zero-order valence-electron chi connectivity index (χ0n) is 12.0. The number of nitrogens with one attached hydrogen (secondary N) is 1. The number of ketones is 1. The molecule has 1 aliphatic rings. The molecule has 1 unspecified atom stereocenters. The van der Waals surface area contributed by atoms with Crippen molar-refractivity contribution in [2.45, 2.75) is 57.7 Å². The Morgan fingerprint density at radius 3 is 2.57 bits per heavy atom. The van der Waals surface area contributed by atoms with E-state index >= 15 is 0 Å². The van der Waals surface area contributed by atoms with Crippen LogP contribution in [-0.2, 0) is 0 Å². The van der Waals surface area contributed by atoms with Gasteiger partial charge in [0.05, 0.1) is 22.0 Å². The SMILES string of the molecule is CCC(=O)c1sc(NC(C)CC(F)(F)F)c(C2CC2)c1N. The first-order valence-electron chi connectivity index (χ1n) is 7.01. The molecule has 1 aliphatic carbocycles. The summed E-state index contributed by atoms with van der Waals surface area (Å²) in [5.74, 6) is 0.219. The summed E-state index contributed by atoms with van der Waals surface area (Å²) in [6.45, 7) is 3.24. The van der Waals surface area contributed by atoms with Crippen molar-refractivity contribution >= 4 is 27.8 Å². The predicted molar refractivity (Wildman–Crippen MR) is 79.1 cm³/mol. The molecule has 3 N–H and O–H groups in total. The van der Waals surface area contributed by atoms with Gasteiger partial charge in [-0.1, -0.05) is 6.92 Å². The molecule has 2 rings (SSSR count). The number of nitrogen functional groups attached to an aromatic ring is 1. The van der Waals surface area contributed by atoms with Gasteiger partial charge < -0.3 is 11.1 Å². The van der Waals surface area contributed by atoms with Gasteiger partial charge in [0.1, 0.15) is 0 Å². The number of thiophene rings is 1. The van der Waals surface area contributed by atoms with Crippen LogP contribution in [0, 0.1) is 0 Å². The van der Waals surface area contributed by atoms with E-state index in [0.29, 0.717) is 22.0 Å². The molecule has 3 nitrogen and oxygen atoms in total. The number of Topliss-reactive ketones (excluding diaryl/α,β-unsaturated/α-hetero) is 1. The van der Waals surface area contributed by atoms with E-state index < -0.39 is 18.6 Å². The Morgan fingerprint density at radius 1 is 1.48 bits per heavy atom. The quantitative estimate of drug-likeness (QED) is 0.756. The number of halogens is 3. The van der Waals surface area contributed by atoms with Crippen molar-refractivity contribution in [3.05, 3.63) is 10.4 Å². The Morgan fingerprint density at radius 2 is 2.10 bits per heavy atom. The summed E-state index contributed by atoms with van der Waals surface area (Å²) in [6, 6.07) is -0.745. The van der Waals surface area contributed by atoms with Gasteiger partial charge in [-0.05, 0) is 25.7 Å². The van der Waals surface area contributed by atoms with E-state index in [-0.39, 0.29) is 11.7 Å². The summed E-state index contributed by atoms with van der Waals surface area (Å²) in [4.78, 5) is 12.4. The Hall–Kier alpha value is -1.24. The van der Waals surface area contributed by atoms with E-state index in [0.717, 1.165) is 18.4 Å². The van der Waals surface area contributed by atoms with Crippen LogP contribution in [0.4, 0.5) is 23.9 Å². The molecule has 21 heavy (non-hydrogen) atoms. The van der Waals surface area contributed by atoms with Gasteiger partial charge in [-0.2, -0.15) is 13.2 Å². The van der Waals surface area contributed by atoms with Crippen LogP contribution in [0.2, 0.25) is 0 Å². The van der Waals surface area contributed by atoms with Gasteiger partial charge in [-0.15, -0.1) is 11.3 Å². The van der Waals surface area contributed by atoms with E-state index in [4.69, 9.17) is 5.73 Å². The van der Waals surface area contributed by atoms with E-state index in [2.05, 4.69) is 5.32 Å². The molecule has 1 atom stereocenters. The first-order chi connectivity index (χ1) is 9.73. The number of hydrogen-bond donors (Lipinski definition) is 2. The monoisotopic (exact) mass is 320 g/mol. The largest absolute Gasteiger partial charge is 0.397 e. The number of nitrogens with two attached hydrogens (primary N) is 1. The van der Waals surface area contributed by atoms with E-state index in [1.807, 2.05) is 0 Å². The van der Waals surface area contributed by atoms with Crippen LogP contribution in [0.25, 0.3) is 0 Å². The van der Waals surface area contributed by atoms with Gasteiger partial charge in [-0.25, -0.2) is 0 Å². The van der Waals surface area contributed by atoms with Gasteiger partial charge in [-0.3, -0.25) is 4.79 Å². The maximum absolute atomic E-state index is 12.4. The Kier molecular flexibility index (Phi) is 4.51. The minimum atomic E-state index is -4.21. The number of carbonyl (C=O) groups excluding carboxylic acids is 1. The van der Waals surface area contributed by atoms with Crippen LogP contribution in [0.3, 0.4) is 0 Å². The number of anilines is 2. The Balaban J connectivity index is 2.24. The lowest BCUT2D eigenvalue weighted by Crippen LogP contribution is -2.23. The summed E-state index contributed by atoms with van der Waals surface area (Å²) < 4.78 is 37.3. The molecule has 0 spiro atoms. The zero-order chi connectivity index (χ0) is 15.8. The van der Waals surface area contributed by atoms with Gasteiger partial charge in [0.15, 0.2) is 5.78 Å². The molecule has 118 valence electrons. The number of alkyl halides is 3. The van der Waals surface area contributed by atoms with Crippen molar-refractivity contribution in [1.29, 1.82) is 0 Å². The average molecular weight is 320 g/mol. The van der Waals surface area contributed by atoms with Crippen LogP contribution in [-0.4, -0.2) is 18.0 Å². The summed E-state index contributed by atoms with van der Waals surface area (Å²) in [7, 11) is 0. The van der Waals surface area contributed by atoms with E-state index in [1.54, 1.807) is 6.92 Å². The van der Waals surface area contributed by atoms with Gasteiger partial charge in [0, 0.05) is 18.0 Å². The first-order valence-corrected chi connectivity index (χ1v) is 7.83. The lowest BCUT2D eigenvalue weighted by Gasteiger charge is -2.17. The van der Waals surface area contributed by atoms with E-state index in [1.165, 1.54) is 18.3 Å². The highest BCUT2D eigenvalue weighted by Gasteiger charge is 2.34. The Bertz CT molecular complexity index is 535. The standard InChI is InChI=1S/C14H19F3N2OS/c1-3-9(20)12-11(18)10(8-4-5-8)13(21-12)19-7(2)6-14(15,16)17/h7-8,19H,3-6,18H2,1-2H3. The fourth-order valence-electron chi connectivity index (χ4n) is 2.33. The van der Waals surface area contributed by atoms with Crippen molar-refractivity contribution in [3.8, 4) is 0 Å². The zero-order valence-corrected chi connectivity index (χ0v) is 12.8. The summed E-state index contributed by atoms with van der Waals surface area (Å²) in [5, 5.41) is 3.52. The highest BCUT2D eigenvalue weighted by molar-refractivity contribution is 7.18. The molecule has 7 heteroatoms. The fourth-order valence-corrected chi connectivity index (χ4v) is 3.66. The molecule has 0 bridgehead atoms. The first kappa shape index (κ1) is 16.1. The summed E-state index contributed by atoms with van der Waals surface area (Å²) in [5.41, 5.74) is 7.35. The molecule has 1 aromatic rings. The minimum Gasteiger partial charge on any atom is -0.397 e. The van der Waals surface area contributed by atoms with Crippen molar-refractivity contribution in [2.75, 3.05) is 11.1 Å². The molecule has 1 aromatic heterocycles. The third-order valence-corrected chi connectivity index (χ3v) is 4.65. The summed E-state index contributed by atoms with van der Waals surface area (Å²) in [6.07, 6.45) is -2.83. The molecule has 1 fully saturated rings. The van der Waals surface area contributed by atoms with Crippen LogP contribution in [0.5, 0.6) is 0 Å². The lowest BCUT2D eigenvalue weighted by molar-refractivity contribution is -0.136. The third-order valence-electron chi connectivity index (χ3n) is 3.46. The number of hydrogen-bond acceptors (Lipinski definition) is 4. The molecular formula is C14H19F3N2OS. The minimum absolute atomic E-state index is 0.0593. The second-order valence-electron chi connectivity index (χ2n) is 5.50. The number of carbonyl (C=O) groups is 1. The summed E-state index contributed by atoms with van der Waals surface area (Å²) >= 11 is 1.19. The van der Waals surface area contributed by atoms with Crippen molar-refractivity contribution < 1.29 is 18.0 Å². The molecular weight excluding hydrogens is 301 g/mol. The second-order valence-corrected chi connectivity index (χ2v) is 6.52. The maximum atomic E-state index is 12.4. The Labute approximate surface area is 125 Å². The fraction of sp³-hybridized carbons (Fsp3) is 0.643. The molecule has 0 aliphatic heterocycles.